The molecule has 0 aromatic heterocycles. The number of hydrogen-bond acceptors (Lipinski definition) is 1. The fraction of sp³-hybridized carbons (Fsp3) is 0.727. The summed E-state index contributed by atoms with van der Waals surface area (Å²) in [5.74, 6) is 2.58. The summed E-state index contributed by atoms with van der Waals surface area (Å²) in [4.78, 5) is 11.2. The highest BCUT2D eigenvalue weighted by Crippen LogP contribution is 3.00. The van der Waals surface area contributed by atoms with Gasteiger partial charge in [0, 0.05) is 5.92 Å². The number of allylic oxidation sites excluding steroid dienone is 2. The molecule has 5 saturated carbocycles. The monoisotopic (exact) mass is 176 g/mol. The zero-order chi connectivity index (χ0) is 9.12. The summed E-state index contributed by atoms with van der Waals surface area (Å²) < 4.78 is 0. The van der Waals surface area contributed by atoms with E-state index in [0.717, 1.165) is 5.92 Å². The average molecular weight is 176 g/mol. The largest absolute Gasteiger partial charge is 0.481 e. The van der Waals surface area contributed by atoms with Gasteiger partial charge in [-0.1, -0.05) is 11.1 Å². The van der Waals surface area contributed by atoms with Crippen molar-refractivity contribution in [3.8, 4) is 0 Å². The number of rotatable bonds is 1. The number of carboxylic acids is 1. The van der Waals surface area contributed by atoms with Crippen LogP contribution in [0.15, 0.2) is 11.1 Å². The van der Waals surface area contributed by atoms with Crippen LogP contribution < -0.4 is 0 Å². The topological polar surface area (TPSA) is 37.3 Å². The summed E-state index contributed by atoms with van der Waals surface area (Å²) >= 11 is 0. The summed E-state index contributed by atoms with van der Waals surface area (Å²) in [5.41, 5.74) is 2.69. The second kappa shape index (κ2) is 1.37. The van der Waals surface area contributed by atoms with E-state index in [1.165, 1.54) is 11.1 Å². The van der Waals surface area contributed by atoms with E-state index in [2.05, 4.69) is 13.8 Å². The molecule has 0 aliphatic heterocycles. The lowest BCUT2D eigenvalue weighted by Gasteiger charge is -2.18. The molecule has 68 valence electrons. The van der Waals surface area contributed by atoms with E-state index < -0.39 is 5.97 Å². The van der Waals surface area contributed by atoms with Crippen molar-refractivity contribution in [1.29, 1.82) is 0 Å². The van der Waals surface area contributed by atoms with E-state index in [-0.39, 0.29) is 5.41 Å². The van der Waals surface area contributed by atoms with Gasteiger partial charge in [0.2, 0.25) is 0 Å². The van der Waals surface area contributed by atoms with Gasteiger partial charge < -0.3 is 5.11 Å². The highest BCUT2D eigenvalue weighted by Gasteiger charge is 3.01. The maximum atomic E-state index is 11.2. The molecular formula is C11H12O2. The lowest BCUT2D eigenvalue weighted by Crippen LogP contribution is -2.28. The van der Waals surface area contributed by atoms with Crippen molar-refractivity contribution in [3.63, 3.8) is 0 Å². The minimum atomic E-state index is -0.512. The van der Waals surface area contributed by atoms with Gasteiger partial charge in [-0.2, -0.15) is 0 Å². The molecule has 5 aliphatic rings. The molecule has 6 unspecified atom stereocenters. The number of hydrogen-bond donors (Lipinski definition) is 1. The summed E-state index contributed by atoms with van der Waals surface area (Å²) in [5, 5.41) is 9.21. The van der Waals surface area contributed by atoms with Gasteiger partial charge in [0.1, 0.15) is 0 Å². The molecular weight excluding hydrogens is 164 g/mol. The van der Waals surface area contributed by atoms with Crippen LogP contribution in [-0.4, -0.2) is 11.1 Å². The molecule has 5 rings (SSSR count). The maximum absolute atomic E-state index is 11.2. The summed E-state index contributed by atoms with van der Waals surface area (Å²) in [6.07, 6.45) is 0. The lowest BCUT2D eigenvalue weighted by atomic mass is 9.85. The van der Waals surface area contributed by atoms with Crippen molar-refractivity contribution < 1.29 is 9.90 Å². The standard InChI is InChI=1S/C11H12O2/c1-3(2)4-5-6-7(5)11(10(12)13)8(4)9(6)11/h5-9H,1-2H3,(H,12,13). The molecule has 0 saturated heterocycles. The van der Waals surface area contributed by atoms with Crippen molar-refractivity contribution in [2.24, 2.45) is 35.0 Å². The predicted octanol–water partition coefficient (Wildman–Crippen LogP) is 1.53. The Kier molecular flexibility index (Phi) is 0.699. The second-order valence-electron chi connectivity index (χ2n) is 5.33. The quantitative estimate of drug-likeness (QED) is 0.615. The Morgan fingerprint density at radius 2 is 2.08 bits per heavy atom. The first kappa shape index (κ1) is 6.63. The van der Waals surface area contributed by atoms with Gasteiger partial charge in [0.25, 0.3) is 0 Å². The third-order valence-electron chi connectivity index (χ3n) is 5.00. The van der Waals surface area contributed by atoms with E-state index >= 15 is 0 Å². The van der Waals surface area contributed by atoms with Crippen molar-refractivity contribution in [2.45, 2.75) is 13.8 Å². The summed E-state index contributed by atoms with van der Waals surface area (Å²) in [7, 11) is 0. The van der Waals surface area contributed by atoms with Crippen LogP contribution in [0.25, 0.3) is 0 Å². The van der Waals surface area contributed by atoms with Gasteiger partial charge in [0.05, 0.1) is 5.41 Å². The molecule has 0 heterocycles. The lowest BCUT2D eigenvalue weighted by molar-refractivity contribution is -0.147. The predicted molar refractivity (Wildman–Crippen MR) is 45.9 cm³/mol. The highest BCUT2D eigenvalue weighted by atomic mass is 16.4. The van der Waals surface area contributed by atoms with Crippen molar-refractivity contribution in [3.05, 3.63) is 11.1 Å². The molecule has 0 aromatic rings. The number of carboxylic acid groups (broad SMARTS) is 1. The van der Waals surface area contributed by atoms with E-state index in [4.69, 9.17) is 0 Å². The van der Waals surface area contributed by atoms with E-state index in [9.17, 15) is 9.90 Å². The van der Waals surface area contributed by atoms with Crippen LogP contribution in [0, 0.1) is 35.0 Å². The summed E-state index contributed by atoms with van der Waals surface area (Å²) in [6.45, 7) is 4.28. The minimum absolute atomic E-state index is 0.234. The van der Waals surface area contributed by atoms with Crippen LogP contribution in [0.5, 0.6) is 0 Å². The number of aliphatic carboxylic acids is 1. The molecule has 0 radical (unpaired) electrons. The first-order valence-corrected chi connectivity index (χ1v) is 5.04. The minimum Gasteiger partial charge on any atom is -0.481 e. The fourth-order valence-corrected chi connectivity index (χ4v) is 4.80. The summed E-state index contributed by atoms with van der Waals surface area (Å²) in [6, 6.07) is 0. The molecule has 2 bridgehead atoms. The smallest absolute Gasteiger partial charge is 0.310 e. The average Bonchev–Trinajstić information content (AvgIpc) is 2.66. The molecule has 0 amide bonds. The van der Waals surface area contributed by atoms with Crippen LogP contribution in [0.3, 0.4) is 0 Å². The Morgan fingerprint density at radius 1 is 1.38 bits per heavy atom. The van der Waals surface area contributed by atoms with Crippen LogP contribution >= 0.6 is 0 Å². The van der Waals surface area contributed by atoms with Crippen molar-refractivity contribution in [2.75, 3.05) is 0 Å². The van der Waals surface area contributed by atoms with Gasteiger partial charge in [-0.15, -0.1) is 0 Å². The molecule has 13 heavy (non-hydrogen) atoms. The maximum Gasteiger partial charge on any atom is 0.310 e. The molecule has 6 atom stereocenters. The third-order valence-corrected chi connectivity index (χ3v) is 5.00. The number of carbonyl (C=O) groups is 1. The Bertz CT molecular complexity index is 383. The van der Waals surface area contributed by atoms with Gasteiger partial charge >= 0.3 is 5.97 Å². The van der Waals surface area contributed by atoms with Crippen LogP contribution in [-0.2, 0) is 4.79 Å². The molecule has 1 N–H and O–H groups in total. The molecule has 5 fully saturated rings. The molecule has 2 nitrogen and oxygen atoms in total. The zero-order valence-corrected chi connectivity index (χ0v) is 7.74. The van der Waals surface area contributed by atoms with Crippen LogP contribution in [0.4, 0.5) is 0 Å². The van der Waals surface area contributed by atoms with Crippen LogP contribution in [0.1, 0.15) is 13.8 Å². The van der Waals surface area contributed by atoms with Gasteiger partial charge in [-0.3, -0.25) is 4.79 Å². The molecule has 2 heteroatoms. The van der Waals surface area contributed by atoms with Crippen molar-refractivity contribution in [1.82, 2.24) is 0 Å². The normalized spacial score (nSPS) is 62.6. The Labute approximate surface area is 76.6 Å². The Balaban J connectivity index is 1.90. The fourth-order valence-electron chi connectivity index (χ4n) is 4.80. The first-order valence-electron chi connectivity index (χ1n) is 5.04. The van der Waals surface area contributed by atoms with E-state index in [1.54, 1.807) is 0 Å². The molecule has 0 aromatic carbocycles. The molecule has 0 spiro atoms. The Morgan fingerprint density at radius 3 is 2.38 bits per heavy atom. The van der Waals surface area contributed by atoms with Crippen molar-refractivity contribution >= 4 is 5.97 Å². The SMILES string of the molecule is CC(C)=C1C2C3C2C2(C(=O)O)C1C32. The van der Waals surface area contributed by atoms with Gasteiger partial charge in [0.15, 0.2) is 0 Å². The second-order valence-corrected chi connectivity index (χ2v) is 5.33. The first-order chi connectivity index (χ1) is 6.13. The van der Waals surface area contributed by atoms with Gasteiger partial charge in [-0.25, -0.2) is 0 Å². The zero-order valence-electron chi connectivity index (χ0n) is 7.74. The van der Waals surface area contributed by atoms with E-state index in [1.807, 2.05) is 0 Å². The van der Waals surface area contributed by atoms with Gasteiger partial charge in [-0.05, 0) is 37.5 Å². The molecule has 5 aliphatic carbocycles. The van der Waals surface area contributed by atoms with E-state index in [0.29, 0.717) is 23.7 Å². The Hall–Kier alpha value is -0.790. The highest BCUT2D eigenvalue weighted by molar-refractivity contribution is 5.89. The third kappa shape index (κ3) is 0.363. The van der Waals surface area contributed by atoms with Crippen LogP contribution in [0.2, 0.25) is 0 Å².